The number of rotatable bonds is 4. The fourth-order valence-corrected chi connectivity index (χ4v) is 3.78. The van der Waals surface area contributed by atoms with Crippen molar-refractivity contribution in [3.05, 3.63) is 77.4 Å². The molecule has 0 aliphatic carbocycles. The highest BCUT2D eigenvalue weighted by Gasteiger charge is 2.31. The Morgan fingerprint density at radius 2 is 1.94 bits per heavy atom. The summed E-state index contributed by atoms with van der Waals surface area (Å²) in [6.45, 7) is 5.14. The molecule has 35 heavy (non-hydrogen) atoms. The molecule has 0 bridgehead atoms. The zero-order chi connectivity index (χ0) is 25.0. The van der Waals surface area contributed by atoms with E-state index in [1.54, 1.807) is 35.5 Å². The van der Waals surface area contributed by atoms with E-state index in [2.05, 4.69) is 27.2 Å². The fourth-order valence-electron chi connectivity index (χ4n) is 3.78. The topological polar surface area (TPSA) is 80.2 Å². The van der Waals surface area contributed by atoms with E-state index in [1.807, 2.05) is 25.1 Å². The molecular weight excluding hydrogens is 459 g/mol. The van der Waals surface area contributed by atoms with Gasteiger partial charge in [0.1, 0.15) is 5.75 Å². The zero-order valence-electron chi connectivity index (χ0n) is 19.2. The van der Waals surface area contributed by atoms with Gasteiger partial charge in [-0.3, -0.25) is 4.98 Å². The number of anilines is 1. The molecule has 1 aliphatic rings. The van der Waals surface area contributed by atoms with Gasteiger partial charge >= 0.3 is 18.2 Å². The summed E-state index contributed by atoms with van der Waals surface area (Å²) in [5, 5.41) is 2.89. The largest absolute Gasteiger partial charge is 0.424 e. The number of aromatic nitrogens is 3. The number of carbonyl (C=O) groups excluding carboxylic acids is 1. The number of urea groups is 1. The van der Waals surface area contributed by atoms with Crippen LogP contribution < -0.4 is 10.1 Å². The quantitative estimate of drug-likeness (QED) is 0.496. The smallest absolute Gasteiger partial charge is 0.419 e. The zero-order valence-corrected chi connectivity index (χ0v) is 19.2. The number of carbonyl (C=O) groups is 1. The molecule has 182 valence electrons. The first kappa shape index (κ1) is 24.2. The SMILES string of the molecule is Cc1cncc(NC(=O)N2CC/C(=C\c3cccc(Oc4ncc(C(F)(F)F)cn4)c3)C(C)C2)c1. The Bertz CT molecular complexity index is 1230. The third-order valence-corrected chi connectivity index (χ3v) is 5.59. The van der Waals surface area contributed by atoms with Crippen LogP contribution in [0.5, 0.6) is 11.8 Å². The number of amides is 2. The van der Waals surface area contributed by atoms with E-state index < -0.39 is 11.7 Å². The normalized spacial score (nSPS) is 17.3. The Morgan fingerprint density at radius 1 is 1.17 bits per heavy atom. The van der Waals surface area contributed by atoms with Crippen LogP contribution in [0, 0.1) is 12.8 Å². The summed E-state index contributed by atoms with van der Waals surface area (Å²) in [6.07, 6.45) is 2.99. The summed E-state index contributed by atoms with van der Waals surface area (Å²) in [4.78, 5) is 25.8. The number of ether oxygens (including phenoxy) is 1. The van der Waals surface area contributed by atoms with E-state index in [0.29, 0.717) is 43.3 Å². The van der Waals surface area contributed by atoms with Crippen LogP contribution in [0.2, 0.25) is 0 Å². The lowest BCUT2D eigenvalue weighted by atomic mass is 9.91. The molecule has 10 heteroatoms. The highest BCUT2D eigenvalue weighted by molar-refractivity contribution is 5.89. The van der Waals surface area contributed by atoms with E-state index in [1.165, 1.54) is 5.57 Å². The van der Waals surface area contributed by atoms with Crippen LogP contribution in [-0.4, -0.2) is 39.0 Å². The molecule has 3 aromatic rings. The van der Waals surface area contributed by atoms with E-state index in [9.17, 15) is 18.0 Å². The van der Waals surface area contributed by atoms with Gasteiger partial charge < -0.3 is 15.0 Å². The maximum Gasteiger partial charge on any atom is 0.419 e. The van der Waals surface area contributed by atoms with Crippen molar-refractivity contribution in [2.45, 2.75) is 26.4 Å². The summed E-state index contributed by atoms with van der Waals surface area (Å²) >= 11 is 0. The number of nitrogens with one attached hydrogen (secondary N) is 1. The summed E-state index contributed by atoms with van der Waals surface area (Å²) in [5.74, 6) is 0.559. The molecule has 3 heterocycles. The molecule has 0 radical (unpaired) electrons. The number of alkyl halides is 3. The first-order valence-electron chi connectivity index (χ1n) is 11.0. The summed E-state index contributed by atoms with van der Waals surface area (Å²) in [5.41, 5.74) is 2.76. The van der Waals surface area contributed by atoms with Crippen LogP contribution >= 0.6 is 0 Å². The Morgan fingerprint density at radius 3 is 2.63 bits per heavy atom. The molecule has 1 unspecified atom stereocenters. The number of aryl methyl sites for hydroxylation is 1. The fraction of sp³-hybridized carbons (Fsp3) is 0.280. The molecule has 1 N–H and O–H groups in total. The molecule has 1 aliphatic heterocycles. The molecular formula is C25H24F3N5O2. The first-order chi connectivity index (χ1) is 16.7. The molecule has 0 spiro atoms. The van der Waals surface area contributed by atoms with Crippen molar-refractivity contribution in [1.82, 2.24) is 19.9 Å². The van der Waals surface area contributed by atoms with E-state index in [-0.39, 0.29) is 18.0 Å². The molecule has 1 saturated heterocycles. The summed E-state index contributed by atoms with van der Waals surface area (Å²) < 4.78 is 43.6. The molecule has 1 aromatic carbocycles. The van der Waals surface area contributed by atoms with Crippen LogP contribution in [0.1, 0.15) is 30.0 Å². The maximum atomic E-state index is 12.7. The highest BCUT2D eigenvalue weighted by Crippen LogP contribution is 2.30. The average molecular weight is 483 g/mol. The van der Waals surface area contributed by atoms with Crippen molar-refractivity contribution in [3.63, 3.8) is 0 Å². The van der Waals surface area contributed by atoms with Crippen molar-refractivity contribution in [3.8, 4) is 11.8 Å². The Balaban J connectivity index is 1.38. The highest BCUT2D eigenvalue weighted by atomic mass is 19.4. The second-order valence-corrected chi connectivity index (χ2v) is 8.42. The minimum Gasteiger partial charge on any atom is -0.424 e. The Hall–Kier alpha value is -3.95. The number of nitrogens with zero attached hydrogens (tertiary/aromatic N) is 4. The van der Waals surface area contributed by atoms with Crippen molar-refractivity contribution in [2.24, 2.45) is 5.92 Å². The second-order valence-electron chi connectivity index (χ2n) is 8.42. The number of benzene rings is 1. The van der Waals surface area contributed by atoms with Gasteiger partial charge in [-0.2, -0.15) is 13.2 Å². The Kier molecular flexibility index (Phi) is 6.99. The Labute approximate surface area is 200 Å². The first-order valence-corrected chi connectivity index (χ1v) is 11.0. The van der Waals surface area contributed by atoms with E-state index in [0.717, 1.165) is 11.1 Å². The molecule has 2 aromatic heterocycles. The number of hydrogen-bond donors (Lipinski definition) is 1. The summed E-state index contributed by atoms with van der Waals surface area (Å²) in [7, 11) is 0. The predicted molar refractivity (Wildman–Crippen MR) is 125 cm³/mol. The second kappa shape index (κ2) is 10.1. The van der Waals surface area contributed by atoms with Gasteiger partial charge in [0, 0.05) is 31.7 Å². The van der Waals surface area contributed by atoms with Crippen LogP contribution in [-0.2, 0) is 6.18 Å². The minimum atomic E-state index is -4.50. The van der Waals surface area contributed by atoms with E-state index in [4.69, 9.17) is 4.74 Å². The summed E-state index contributed by atoms with van der Waals surface area (Å²) in [6, 6.07) is 8.69. The monoisotopic (exact) mass is 483 g/mol. The molecule has 1 atom stereocenters. The van der Waals surface area contributed by atoms with Gasteiger partial charge in [-0.05, 0) is 48.6 Å². The van der Waals surface area contributed by atoms with Crippen LogP contribution in [0.15, 0.2) is 60.7 Å². The lowest BCUT2D eigenvalue weighted by Crippen LogP contribution is -2.42. The lowest BCUT2D eigenvalue weighted by Gasteiger charge is -2.33. The lowest BCUT2D eigenvalue weighted by molar-refractivity contribution is -0.138. The molecule has 0 saturated carbocycles. The van der Waals surface area contributed by atoms with Gasteiger partial charge in [-0.15, -0.1) is 0 Å². The van der Waals surface area contributed by atoms with Gasteiger partial charge in [0.15, 0.2) is 0 Å². The van der Waals surface area contributed by atoms with Gasteiger partial charge in [0.25, 0.3) is 0 Å². The van der Waals surface area contributed by atoms with E-state index >= 15 is 0 Å². The number of hydrogen-bond acceptors (Lipinski definition) is 5. The molecule has 1 fully saturated rings. The number of piperidine rings is 1. The third-order valence-electron chi connectivity index (χ3n) is 5.59. The van der Waals surface area contributed by atoms with Crippen LogP contribution in [0.25, 0.3) is 6.08 Å². The van der Waals surface area contributed by atoms with Crippen molar-refractivity contribution >= 4 is 17.8 Å². The standard InChI is InChI=1S/C25H24F3N5O2/c1-16-8-21(14-29-11-16)32-24(34)33-7-6-19(17(2)15-33)9-18-4-3-5-22(10-18)35-23-30-12-20(13-31-23)25(26,27)28/h3-5,8-14,17H,6-7,15H2,1-2H3,(H,32,34)/b19-9+. The van der Waals surface area contributed by atoms with Gasteiger partial charge in [-0.1, -0.05) is 30.7 Å². The average Bonchev–Trinajstić information content (AvgIpc) is 2.80. The maximum absolute atomic E-state index is 12.7. The van der Waals surface area contributed by atoms with Gasteiger partial charge in [0.05, 0.1) is 17.4 Å². The van der Waals surface area contributed by atoms with Gasteiger partial charge in [-0.25, -0.2) is 14.8 Å². The minimum absolute atomic E-state index is 0.146. The number of halogens is 3. The molecule has 4 rings (SSSR count). The number of pyridine rings is 1. The van der Waals surface area contributed by atoms with Gasteiger partial charge in [0.2, 0.25) is 0 Å². The van der Waals surface area contributed by atoms with Crippen LogP contribution in [0.3, 0.4) is 0 Å². The van der Waals surface area contributed by atoms with Crippen LogP contribution in [0.4, 0.5) is 23.7 Å². The predicted octanol–water partition coefficient (Wildman–Crippen LogP) is 5.95. The third kappa shape index (κ3) is 6.34. The number of likely N-dealkylation sites (tertiary alicyclic amines) is 1. The molecule has 7 nitrogen and oxygen atoms in total. The molecule has 2 amide bonds. The van der Waals surface area contributed by atoms with Crippen molar-refractivity contribution in [2.75, 3.05) is 18.4 Å². The van der Waals surface area contributed by atoms with Crippen molar-refractivity contribution < 1.29 is 22.7 Å². The van der Waals surface area contributed by atoms with Crippen molar-refractivity contribution in [1.29, 1.82) is 0 Å².